The molecule has 0 spiro atoms. The third-order valence-corrected chi connectivity index (χ3v) is 3.09. The summed E-state index contributed by atoms with van der Waals surface area (Å²) in [6.07, 6.45) is 0. The van der Waals surface area contributed by atoms with Crippen molar-refractivity contribution in [3.63, 3.8) is 0 Å². The van der Waals surface area contributed by atoms with Gasteiger partial charge in [0, 0.05) is 12.2 Å². The highest BCUT2D eigenvalue weighted by Gasteiger charge is 2.17. The summed E-state index contributed by atoms with van der Waals surface area (Å²) >= 11 is 0. The molecule has 0 saturated heterocycles. The van der Waals surface area contributed by atoms with Crippen LogP contribution in [0.2, 0.25) is 0 Å². The van der Waals surface area contributed by atoms with Crippen molar-refractivity contribution in [3.8, 4) is 0 Å². The Labute approximate surface area is 115 Å². The van der Waals surface area contributed by atoms with Crippen molar-refractivity contribution < 1.29 is 8.81 Å². The molecule has 2 aromatic carbocycles. The lowest BCUT2D eigenvalue weighted by Crippen LogP contribution is -2.17. The first-order chi connectivity index (χ1) is 9.69. The first kappa shape index (κ1) is 12.5. The van der Waals surface area contributed by atoms with Gasteiger partial charge in [0.05, 0.1) is 5.69 Å². The van der Waals surface area contributed by atoms with Crippen molar-refractivity contribution in [2.75, 3.05) is 17.2 Å². The van der Waals surface area contributed by atoms with E-state index in [9.17, 15) is 4.39 Å². The number of fused-ring (bicyclic) bond motifs is 1. The standard InChI is InChI=1S/C15H14FN3O/c1-2-19(13-6-4-3-5-11(13)16)15-18-12-9-10(17)7-8-14(12)20-15/h3-9H,2,17H2,1H3. The first-order valence-corrected chi connectivity index (χ1v) is 6.37. The van der Waals surface area contributed by atoms with Gasteiger partial charge in [-0.25, -0.2) is 4.39 Å². The molecule has 0 saturated carbocycles. The molecule has 102 valence electrons. The van der Waals surface area contributed by atoms with E-state index in [0.29, 0.717) is 35.0 Å². The second kappa shape index (κ2) is 4.85. The SMILES string of the molecule is CCN(c1nc2cc(N)ccc2o1)c1ccccc1F. The molecule has 1 heterocycles. The van der Waals surface area contributed by atoms with Crippen LogP contribution in [0.4, 0.5) is 21.8 Å². The molecular weight excluding hydrogens is 257 g/mol. The summed E-state index contributed by atoms with van der Waals surface area (Å²) in [5.74, 6) is -0.309. The van der Waals surface area contributed by atoms with Crippen molar-refractivity contribution >= 4 is 28.5 Å². The Morgan fingerprint density at radius 3 is 2.80 bits per heavy atom. The molecule has 0 unspecified atom stereocenters. The predicted octanol–water partition coefficient (Wildman–Crippen LogP) is 3.71. The summed E-state index contributed by atoms with van der Waals surface area (Å²) in [6.45, 7) is 2.46. The van der Waals surface area contributed by atoms with E-state index in [1.807, 2.05) is 6.92 Å². The Balaban J connectivity index is 2.10. The van der Waals surface area contributed by atoms with Crippen LogP contribution in [-0.2, 0) is 0 Å². The Bertz CT molecular complexity index is 754. The molecule has 0 aliphatic carbocycles. The van der Waals surface area contributed by atoms with Crippen molar-refractivity contribution in [1.29, 1.82) is 0 Å². The number of hydrogen-bond donors (Lipinski definition) is 1. The quantitative estimate of drug-likeness (QED) is 0.738. The summed E-state index contributed by atoms with van der Waals surface area (Å²) in [4.78, 5) is 6.06. The van der Waals surface area contributed by atoms with Crippen molar-refractivity contribution in [2.24, 2.45) is 0 Å². The minimum atomic E-state index is -0.309. The minimum absolute atomic E-state index is 0.309. The number of hydrogen-bond acceptors (Lipinski definition) is 4. The van der Waals surface area contributed by atoms with Crippen LogP contribution in [0.1, 0.15) is 6.92 Å². The van der Waals surface area contributed by atoms with Crippen LogP contribution in [0.3, 0.4) is 0 Å². The molecule has 0 atom stereocenters. The molecule has 0 amide bonds. The number of halogens is 1. The topological polar surface area (TPSA) is 55.3 Å². The van der Waals surface area contributed by atoms with Gasteiger partial charge >= 0.3 is 6.01 Å². The molecule has 0 radical (unpaired) electrons. The Morgan fingerprint density at radius 1 is 1.25 bits per heavy atom. The number of nitrogen functional groups attached to an aromatic ring is 1. The van der Waals surface area contributed by atoms with Gasteiger partial charge in [0.15, 0.2) is 5.58 Å². The first-order valence-electron chi connectivity index (χ1n) is 6.37. The molecule has 20 heavy (non-hydrogen) atoms. The predicted molar refractivity (Wildman–Crippen MR) is 77.5 cm³/mol. The van der Waals surface area contributed by atoms with Gasteiger partial charge in [-0.2, -0.15) is 4.98 Å². The number of aromatic nitrogens is 1. The third kappa shape index (κ3) is 2.07. The fourth-order valence-corrected chi connectivity index (χ4v) is 2.13. The molecule has 3 rings (SSSR count). The normalized spacial score (nSPS) is 10.9. The van der Waals surface area contributed by atoms with E-state index in [0.717, 1.165) is 0 Å². The van der Waals surface area contributed by atoms with Crippen LogP contribution in [0.25, 0.3) is 11.1 Å². The number of nitrogens with zero attached hydrogens (tertiary/aromatic N) is 2. The molecule has 0 bridgehead atoms. The summed E-state index contributed by atoms with van der Waals surface area (Å²) in [5, 5.41) is 0. The Hall–Kier alpha value is -2.56. The van der Waals surface area contributed by atoms with Crippen LogP contribution in [0, 0.1) is 5.82 Å². The van der Waals surface area contributed by atoms with Crippen LogP contribution in [0.5, 0.6) is 0 Å². The molecule has 0 fully saturated rings. The molecule has 1 aromatic heterocycles. The van der Waals surface area contributed by atoms with Crippen molar-refractivity contribution in [3.05, 3.63) is 48.3 Å². The average Bonchev–Trinajstić information content (AvgIpc) is 2.84. The van der Waals surface area contributed by atoms with Crippen molar-refractivity contribution in [2.45, 2.75) is 6.92 Å². The van der Waals surface area contributed by atoms with Gasteiger partial charge in [-0.15, -0.1) is 0 Å². The van der Waals surface area contributed by atoms with E-state index in [1.165, 1.54) is 6.07 Å². The fraction of sp³-hybridized carbons (Fsp3) is 0.133. The number of oxazole rings is 1. The monoisotopic (exact) mass is 271 g/mol. The second-order valence-electron chi connectivity index (χ2n) is 4.42. The van der Waals surface area contributed by atoms with Gasteiger partial charge < -0.3 is 10.2 Å². The average molecular weight is 271 g/mol. The summed E-state index contributed by atoms with van der Waals surface area (Å²) in [7, 11) is 0. The van der Waals surface area contributed by atoms with Crippen LogP contribution < -0.4 is 10.6 Å². The number of para-hydroxylation sites is 1. The zero-order valence-corrected chi connectivity index (χ0v) is 11.0. The van der Waals surface area contributed by atoms with E-state index in [-0.39, 0.29) is 5.82 Å². The number of nitrogens with two attached hydrogens (primary N) is 1. The minimum Gasteiger partial charge on any atom is -0.423 e. The highest BCUT2D eigenvalue weighted by Crippen LogP contribution is 2.30. The van der Waals surface area contributed by atoms with Gasteiger partial charge in [-0.3, -0.25) is 4.90 Å². The van der Waals surface area contributed by atoms with Gasteiger partial charge in [0.25, 0.3) is 0 Å². The molecule has 3 aromatic rings. The van der Waals surface area contributed by atoms with E-state index in [4.69, 9.17) is 10.2 Å². The second-order valence-corrected chi connectivity index (χ2v) is 4.42. The summed E-state index contributed by atoms with van der Waals surface area (Å²) in [5.41, 5.74) is 8.07. The molecule has 5 heteroatoms. The molecule has 0 aliphatic rings. The lowest BCUT2D eigenvalue weighted by atomic mass is 10.3. The number of anilines is 3. The van der Waals surface area contributed by atoms with Gasteiger partial charge in [0.2, 0.25) is 0 Å². The Kier molecular flexibility index (Phi) is 3.02. The maximum Gasteiger partial charge on any atom is 0.303 e. The number of rotatable bonds is 3. The van der Waals surface area contributed by atoms with Gasteiger partial charge in [-0.1, -0.05) is 12.1 Å². The van der Waals surface area contributed by atoms with Crippen LogP contribution >= 0.6 is 0 Å². The lowest BCUT2D eigenvalue weighted by molar-refractivity contribution is 0.582. The maximum absolute atomic E-state index is 13.9. The summed E-state index contributed by atoms with van der Waals surface area (Å²) in [6, 6.07) is 12.1. The van der Waals surface area contributed by atoms with Gasteiger partial charge in [0.1, 0.15) is 11.3 Å². The zero-order chi connectivity index (χ0) is 14.1. The van der Waals surface area contributed by atoms with Crippen LogP contribution in [-0.4, -0.2) is 11.5 Å². The summed E-state index contributed by atoms with van der Waals surface area (Å²) < 4.78 is 19.6. The largest absolute Gasteiger partial charge is 0.423 e. The smallest absolute Gasteiger partial charge is 0.303 e. The van der Waals surface area contributed by atoms with Crippen molar-refractivity contribution in [1.82, 2.24) is 4.98 Å². The van der Waals surface area contributed by atoms with E-state index in [2.05, 4.69) is 4.98 Å². The highest BCUT2D eigenvalue weighted by atomic mass is 19.1. The van der Waals surface area contributed by atoms with E-state index < -0.39 is 0 Å². The molecule has 4 nitrogen and oxygen atoms in total. The maximum atomic E-state index is 13.9. The lowest BCUT2D eigenvalue weighted by Gasteiger charge is -2.18. The Morgan fingerprint density at radius 2 is 2.05 bits per heavy atom. The fourth-order valence-electron chi connectivity index (χ4n) is 2.13. The molecular formula is C15H14FN3O. The third-order valence-electron chi connectivity index (χ3n) is 3.09. The van der Waals surface area contributed by atoms with E-state index in [1.54, 1.807) is 41.3 Å². The van der Waals surface area contributed by atoms with Crippen LogP contribution in [0.15, 0.2) is 46.9 Å². The highest BCUT2D eigenvalue weighted by molar-refractivity contribution is 5.79. The van der Waals surface area contributed by atoms with Gasteiger partial charge in [-0.05, 0) is 37.3 Å². The number of benzene rings is 2. The zero-order valence-electron chi connectivity index (χ0n) is 11.0. The molecule has 2 N–H and O–H groups in total. The van der Waals surface area contributed by atoms with E-state index >= 15 is 0 Å². The molecule has 0 aliphatic heterocycles.